The van der Waals surface area contributed by atoms with Crippen molar-refractivity contribution in [1.29, 1.82) is 0 Å². The van der Waals surface area contributed by atoms with Gasteiger partial charge in [-0.3, -0.25) is 14.6 Å². The number of morpholine rings is 1. The molecule has 1 aromatic heterocycles. The number of aromatic nitrogens is 1. The highest BCUT2D eigenvalue weighted by Crippen LogP contribution is 2.35. The van der Waals surface area contributed by atoms with Crippen LogP contribution in [0.2, 0.25) is 0 Å². The van der Waals surface area contributed by atoms with E-state index in [2.05, 4.69) is 30.9 Å². The quantitative estimate of drug-likeness (QED) is 0.806. The lowest BCUT2D eigenvalue weighted by molar-refractivity contribution is -0.124. The number of aryl methyl sites for hydroxylation is 2. The van der Waals surface area contributed by atoms with Gasteiger partial charge in [-0.25, -0.2) is 4.98 Å². The van der Waals surface area contributed by atoms with Gasteiger partial charge in [0.25, 0.3) is 0 Å². The predicted octanol–water partition coefficient (Wildman–Crippen LogP) is 3.38. The minimum atomic E-state index is 0.189. The lowest BCUT2D eigenvalue weighted by Crippen LogP contribution is -2.45. The fourth-order valence-electron chi connectivity index (χ4n) is 3.57. The van der Waals surface area contributed by atoms with E-state index in [1.165, 1.54) is 22.2 Å². The number of carbonyl (C=O) groups is 1. The zero-order valence-corrected chi connectivity index (χ0v) is 16.5. The summed E-state index contributed by atoms with van der Waals surface area (Å²) in [5.74, 6) is 0.451. The average molecular weight is 374 g/mol. The zero-order valence-electron chi connectivity index (χ0n) is 15.7. The minimum Gasteiger partial charge on any atom is -0.379 e. The van der Waals surface area contributed by atoms with Gasteiger partial charge in [0.1, 0.15) is 0 Å². The van der Waals surface area contributed by atoms with Crippen LogP contribution in [0.25, 0.3) is 10.2 Å². The molecule has 0 unspecified atom stereocenters. The van der Waals surface area contributed by atoms with E-state index >= 15 is 0 Å². The minimum absolute atomic E-state index is 0.189. The first kappa shape index (κ1) is 17.9. The molecule has 1 aromatic carbocycles. The van der Waals surface area contributed by atoms with Crippen molar-refractivity contribution in [3.63, 3.8) is 0 Å². The van der Waals surface area contributed by atoms with Crippen LogP contribution in [0.1, 0.15) is 30.4 Å². The molecule has 1 aliphatic heterocycles. The summed E-state index contributed by atoms with van der Waals surface area (Å²) < 4.78 is 6.60. The molecule has 1 amide bonds. The third-order valence-corrected chi connectivity index (χ3v) is 6.81. The Morgan fingerprint density at radius 3 is 2.77 bits per heavy atom. The molecule has 26 heavy (non-hydrogen) atoms. The second-order valence-corrected chi connectivity index (χ2v) is 8.43. The van der Waals surface area contributed by atoms with Crippen molar-refractivity contribution in [2.24, 2.45) is 5.92 Å². The summed E-state index contributed by atoms with van der Waals surface area (Å²) in [6.45, 7) is 9.30. The third kappa shape index (κ3) is 3.50. The Hall–Kier alpha value is -1.50. The van der Waals surface area contributed by atoms with E-state index in [1.807, 2.05) is 4.90 Å². The number of fused-ring (bicyclic) bond motifs is 1. The molecule has 0 atom stereocenters. The highest BCUT2D eigenvalue weighted by Gasteiger charge is 2.32. The first-order valence-electron chi connectivity index (χ1n) is 9.61. The molecule has 2 heterocycles. The van der Waals surface area contributed by atoms with Gasteiger partial charge in [-0.1, -0.05) is 23.8 Å². The van der Waals surface area contributed by atoms with E-state index in [0.717, 1.165) is 56.3 Å². The highest BCUT2D eigenvalue weighted by atomic mass is 32.1. The third-order valence-electron chi connectivity index (χ3n) is 5.77. The Bertz CT molecular complexity index is 794. The summed E-state index contributed by atoms with van der Waals surface area (Å²) in [7, 11) is 0. The van der Waals surface area contributed by atoms with Gasteiger partial charge in [0.15, 0.2) is 5.13 Å². The number of benzene rings is 1. The number of rotatable bonds is 5. The molecule has 2 aliphatic rings. The van der Waals surface area contributed by atoms with Gasteiger partial charge < -0.3 is 4.74 Å². The Kier molecular flexibility index (Phi) is 5.25. The maximum Gasteiger partial charge on any atom is 0.231 e. The SMILES string of the molecule is Cc1ccc2sc(N(CCN3CCOCC3)C(=O)C3CCC3)nc2c1C. The summed E-state index contributed by atoms with van der Waals surface area (Å²) in [6, 6.07) is 4.28. The largest absolute Gasteiger partial charge is 0.379 e. The van der Waals surface area contributed by atoms with Gasteiger partial charge in [0.2, 0.25) is 5.91 Å². The van der Waals surface area contributed by atoms with E-state index < -0.39 is 0 Å². The van der Waals surface area contributed by atoms with E-state index in [4.69, 9.17) is 9.72 Å². The van der Waals surface area contributed by atoms with Crippen LogP contribution in [-0.2, 0) is 9.53 Å². The van der Waals surface area contributed by atoms with Gasteiger partial charge in [-0.05, 0) is 43.9 Å². The number of nitrogens with zero attached hydrogens (tertiary/aromatic N) is 3. The molecular formula is C20H27N3O2S. The van der Waals surface area contributed by atoms with Crippen LogP contribution in [0.5, 0.6) is 0 Å². The predicted molar refractivity (Wildman–Crippen MR) is 106 cm³/mol. The van der Waals surface area contributed by atoms with Crippen LogP contribution in [-0.4, -0.2) is 55.2 Å². The van der Waals surface area contributed by atoms with E-state index in [0.29, 0.717) is 6.54 Å². The van der Waals surface area contributed by atoms with E-state index in [1.54, 1.807) is 11.3 Å². The molecule has 1 saturated carbocycles. The molecule has 2 fully saturated rings. The van der Waals surface area contributed by atoms with Crippen LogP contribution in [0.3, 0.4) is 0 Å². The molecule has 1 saturated heterocycles. The maximum absolute atomic E-state index is 13.1. The number of ether oxygens (including phenoxy) is 1. The Labute approximate surface area is 159 Å². The van der Waals surface area contributed by atoms with Gasteiger partial charge in [-0.15, -0.1) is 0 Å². The highest BCUT2D eigenvalue weighted by molar-refractivity contribution is 7.22. The molecular weight excluding hydrogens is 346 g/mol. The summed E-state index contributed by atoms with van der Waals surface area (Å²) in [4.78, 5) is 22.3. The smallest absolute Gasteiger partial charge is 0.231 e. The number of hydrogen-bond acceptors (Lipinski definition) is 5. The molecule has 2 aromatic rings. The first-order valence-corrected chi connectivity index (χ1v) is 10.4. The monoisotopic (exact) mass is 373 g/mol. The van der Waals surface area contributed by atoms with Crippen LogP contribution >= 0.6 is 11.3 Å². The Morgan fingerprint density at radius 1 is 1.31 bits per heavy atom. The topological polar surface area (TPSA) is 45.7 Å². The van der Waals surface area contributed by atoms with Crippen molar-refractivity contribution >= 4 is 32.6 Å². The molecule has 5 nitrogen and oxygen atoms in total. The molecule has 6 heteroatoms. The fraction of sp³-hybridized carbons (Fsp3) is 0.600. The van der Waals surface area contributed by atoms with Gasteiger partial charge >= 0.3 is 0 Å². The maximum atomic E-state index is 13.1. The number of carbonyl (C=O) groups excluding carboxylic acids is 1. The second kappa shape index (κ2) is 7.62. The second-order valence-electron chi connectivity index (χ2n) is 7.42. The number of hydrogen-bond donors (Lipinski definition) is 0. The molecule has 0 spiro atoms. The fourth-order valence-corrected chi connectivity index (χ4v) is 4.63. The standard InChI is InChI=1S/C20H27N3O2S/c1-14-6-7-17-18(15(14)2)21-20(26-17)23(19(24)16-4-3-5-16)9-8-22-10-12-25-13-11-22/h6-7,16H,3-5,8-13H2,1-2H3. The van der Waals surface area contributed by atoms with Crippen molar-refractivity contribution in [3.8, 4) is 0 Å². The summed E-state index contributed by atoms with van der Waals surface area (Å²) in [5.41, 5.74) is 3.51. The Morgan fingerprint density at radius 2 is 2.08 bits per heavy atom. The van der Waals surface area contributed by atoms with Crippen molar-refractivity contribution in [2.75, 3.05) is 44.3 Å². The van der Waals surface area contributed by atoms with E-state index in [-0.39, 0.29) is 11.8 Å². The number of amides is 1. The van der Waals surface area contributed by atoms with Crippen LogP contribution < -0.4 is 4.90 Å². The average Bonchev–Trinajstić information content (AvgIpc) is 3.02. The van der Waals surface area contributed by atoms with Crippen molar-refractivity contribution in [1.82, 2.24) is 9.88 Å². The molecule has 1 aliphatic carbocycles. The van der Waals surface area contributed by atoms with Crippen molar-refractivity contribution < 1.29 is 9.53 Å². The Balaban J connectivity index is 1.59. The summed E-state index contributed by atoms with van der Waals surface area (Å²) in [5, 5.41) is 0.860. The zero-order chi connectivity index (χ0) is 18.1. The van der Waals surface area contributed by atoms with Crippen LogP contribution in [0, 0.1) is 19.8 Å². The van der Waals surface area contributed by atoms with E-state index in [9.17, 15) is 4.79 Å². The first-order chi connectivity index (χ1) is 12.6. The molecule has 140 valence electrons. The summed E-state index contributed by atoms with van der Waals surface area (Å²) >= 11 is 1.65. The van der Waals surface area contributed by atoms with Crippen LogP contribution in [0.15, 0.2) is 12.1 Å². The molecule has 0 bridgehead atoms. The lowest BCUT2D eigenvalue weighted by atomic mass is 9.84. The normalized spacial score (nSPS) is 18.8. The van der Waals surface area contributed by atoms with Crippen molar-refractivity contribution in [3.05, 3.63) is 23.3 Å². The van der Waals surface area contributed by atoms with Gasteiger partial charge in [0, 0.05) is 32.1 Å². The van der Waals surface area contributed by atoms with Gasteiger partial charge in [-0.2, -0.15) is 0 Å². The molecule has 0 N–H and O–H groups in total. The molecule has 0 radical (unpaired) electrons. The molecule has 4 rings (SSSR count). The lowest BCUT2D eigenvalue weighted by Gasteiger charge is -2.33. The summed E-state index contributed by atoms with van der Waals surface area (Å²) in [6.07, 6.45) is 3.22. The van der Waals surface area contributed by atoms with Gasteiger partial charge in [0.05, 0.1) is 23.4 Å². The number of thiazole rings is 1. The van der Waals surface area contributed by atoms with Crippen LogP contribution in [0.4, 0.5) is 5.13 Å². The van der Waals surface area contributed by atoms with Crippen molar-refractivity contribution in [2.45, 2.75) is 33.1 Å². The number of anilines is 1.